The Bertz CT molecular complexity index is 517. The minimum Gasteiger partial charge on any atom is -0.496 e. The summed E-state index contributed by atoms with van der Waals surface area (Å²) in [4.78, 5) is 0. The smallest absolute Gasteiger partial charge is 0.145 e. The van der Waals surface area contributed by atoms with Gasteiger partial charge in [0.1, 0.15) is 11.6 Å². The number of hydrogen-bond donors (Lipinski definition) is 2. The Balaban J connectivity index is 2.60. The van der Waals surface area contributed by atoms with Crippen LogP contribution in [0.2, 0.25) is 0 Å². The SMILES string of the molecule is COc1cccc(-c2cc(N)n[nH]2)c1C(C)C. The monoisotopic (exact) mass is 231 g/mol. The number of nitrogen functional groups attached to an aromatic ring is 1. The Morgan fingerprint density at radius 2 is 2.12 bits per heavy atom. The second kappa shape index (κ2) is 4.49. The van der Waals surface area contributed by atoms with Crippen LogP contribution in [0.25, 0.3) is 11.3 Å². The normalized spacial score (nSPS) is 10.8. The Morgan fingerprint density at radius 3 is 2.65 bits per heavy atom. The summed E-state index contributed by atoms with van der Waals surface area (Å²) in [5.74, 6) is 1.76. The number of anilines is 1. The molecule has 1 aromatic carbocycles. The fourth-order valence-electron chi connectivity index (χ4n) is 2.03. The third-order valence-corrected chi connectivity index (χ3v) is 2.75. The van der Waals surface area contributed by atoms with Gasteiger partial charge in [0.15, 0.2) is 0 Å². The van der Waals surface area contributed by atoms with Crippen LogP contribution in [-0.2, 0) is 0 Å². The van der Waals surface area contributed by atoms with Crippen molar-refractivity contribution in [2.75, 3.05) is 12.8 Å². The molecular weight excluding hydrogens is 214 g/mol. The first kappa shape index (κ1) is 11.5. The van der Waals surface area contributed by atoms with Crippen molar-refractivity contribution >= 4 is 5.82 Å². The van der Waals surface area contributed by atoms with Crippen LogP contribution < -0.4 is 10.5 Å². The van der Waals surface area contributed by atoms with Crippen molar-refractivity contribution in [3.8, 4) is 17.0 Å². The summed E-state index contributed by atoms with van der Waals surface area (Å²) in [6.45, 7) is 4.28. The van der Waals surface area contributed by atoms with Crippen LogP contribution in [0, 0.1) is 0 Å². The largest absolute Gasteiger partial charge is 0.496 e. The average molecular weight is 231 g/mol. The Labute approximate surface area is 101 Å². The lowest BCUT2D eigenvalue weighted by molar-refractivity contribution is 0.408. The van der Waals surface area contributed by atoms with Crippen LogP contribution in [0.3, 0.4) is 0 Å². The van der Waals surface area contributed by atoms with Gasteiger partial charge < -0.3 is 10.5 Å². The van der Waals surface area contributed by atoms with Gasteiger partial charge in [0.2, 0.25) is 0 Å². The number of methoxy groups -OCH3 is 1. The second-order valence-corrected chi connectivity index (χ2v) is 4.28. The fourth-order valence-corrected chi connectivity index (χ4v) is 2.03. The number of aromatic amines is 1. The van der Waals surface area contributed by atoms with E-state index in [1.807, 2.05) is 24.3 Å². The molecule has 0 bridgehead atoms. The van der Waals surface area contributed by atoms with Gasteiger partial charge in [-0.3, -0.25) is 5.10 Å². The van der Waals surface area contributed by atoms with Crippen LogP contribution in [-0.4, -0.2) is 17.3 Å². The predicted octanol–water partition coefficient (Wildman–Crippen LogP) is 2.79. The number of ether oxygens (including phenoxy) is 1. The quantitative estimate of drug-likeness (QED) is 0.853. The van der Waals surface area contributed by atoms with E-state index in [9.17, 15) is 0 Å². The lowest BCUT2D eigenvalue weighted by Gasteiger charge is -2.15. The van der Waals surface area contributed by atoms with Gasteiger partial charge in [0.25, 0.3) is 0 Å². The minimum absolute atomic E-state index is 0.366. The molecular formula is C13H17N3O. The summed E-state index contributed by atoms with van der Waals surface area (Å²) in [6, 6.07) is 7.82. The first-order valence-electron chi connectivity index (χ1n) is 5.61. The zero-order valence-corrected chi connectivity index (χ0v) is 10.3. The summed E-state index contributed by atoms with van der Waals surface area (Å²) >= 11 is 0. The number of benzene rings is 1. The third kappa shape index (κ3) is 2.11. The molecule has 1 aromatic heterocycles. The molecule has 2 rings (SSSR count). The van der Waals surface area contributed by atoms with Crippen molar-refractivity contribution in [2.24, 2.45) is 0 Å². The van der Waals surface area contributed by atoms with Gasteiger partial charge in [-0.2, -0.15) is 5.10 Å². The first-order valence-corrected chi connectivity index (χ1v) is 5.61. The van der Waals surface area contributed by atoms with Crippen molar-refractivity contribution < 1.29 is 4.74 Å². The minimum atomic E-state index is 0.366. The van der Waals surface area contributed by atoms with Crippen LogP contribution in [0.1, 0.15) is 25.3 Å². The van der Waals surface area contributed by atoms with E-state index in [2.05, 4.69) is 24.0 Å². The third-order valence-electron chi connectivity index (χ3n) is 2.75. The van der Waals surface area contributed by atoms with E-state index in [-0.39, 0.29) is 0 Å². The summed E-state index contributed by atoms with van der Waals surface area (Å²) in [7, 11) is 1.69. The van der Waals surface area contributed by atoms with Gasteiger partial charge in [0, 0.05) is 17.2 Å². The topological polar surface area (TPSA) is 63.9 Å². The number of nitrogens with zero attached hydrogens (tertiary/aromatic N) is 1. The van der Waals surface area contributed by atoms with E-state index in [4.69, 9.17) is 10.5 Å². The van der Waals surface area contributed by atoms with E-state index >= 15 is 0 Å². The van der Waals surface area contributed by atoms with Crippen LogP contribution in [0.5, 0.6) is 5.75 Å². The van der Waals surface area contributed by atoms with Crippen LogP contribution >= 0.6 is 0 Å². The van der Waals surface area contributed by atoms with Gasteiger partial charge >= 0.3 is 0 Å². The maximum absolute atomic E-state index is 5.64. The van der Waals surface area contributed by atoms with E-state index < -0.39 is 0 Å². The number of hydrogen-bond acceptors (Lipinski definition) is 3. The highest BCUT2D eigenvalue weighted by Crippen LogP contribution is 2.35. The molecule has 4 nitrogen and oxygen atoms in total. The molecule has 0 saturated heterocycles. The molecule has 2 aromatic rings. The van der Waals surface area contributed by atoms with Crippen molar-refractivity contribution in [3.63, 3.8) is 0 Å². The fraction of sp³-hybridized carbons (Fsp3) is 0.308. The maximum Gasteiger partial charge on any atom is 0.145 e. The molecule has 3 N–H and O–H groups in total. The average Bonchev–Trinajstić information content (AvgIpc) is 2.74. The molecule has 0 amide bonds. The molecule has 0 aliphatic rings. The highest BCUT2D eigenvalue weighted by atomic mass is 16.5. The predicted molar refractivity (Wildman–Crippen MR) is 69.1 cm³/mol. The standard InChI is InChI=1S/C13H17N3O/c1-8(2)13-9(5-4-6-11(13)17-3)10-7-12(14)16-15-10/h4-8H,1-3H3,(H3,14,15,16). The molecule has 0 saturated carbocycles. The molecule has 4 heteroatoms. The Morgan fingerprint density at radius 1 is 1.35 bits per heavy atom. The number of nitrogens with two attached hydrogens (primary N) is 1. The van der Waals surface area contributed by atoms with Gasteiger partial charge in [-0.1, -0.05) is 26.0 Å². The molecule has 0 unspecified atom stereocenters. The molecule has 90 valence electrons. The highest BCUT2D eigenvalue weighted by Gasteiger charge is 2.15. The Kier molecular flexibility index (Phi) is 3.04. The molecule has 0 radical (unpaired) electrons. The van der Waals surface area contributed by atoms with Crippen molar-refractivity contribution in [2.45, 2.75) is 19.8 Å². The van der Waals surface area contributed by atoms with Gasteiger partial charge in [-0.15, -0.1) is 0 Å². The number of nitrogens with one attached hydrogen (secondary N) is 1. The molecule has 0 spiro atoms. The molecule has 17 heavy (non-hydrogen) atoms. The van der Waals surface area contributed by atoms with E-state index in [1.165, 1.54) is 5.56 Å². The first-order chi connectivity index (χ1) is 8.13. The second-order valence-electron chi connectivity index (χ2n) is 4.28. The lowest BCUT2D eigenvalue weighted by atomic mass is 9.94. The molecule has 0 aliphatic heterocycles. The Hall–Kier alpha value is -1.97. The summed E-state index contributed by atoms with van der Waals surface area (Å²) in [6.07, 6.45) is 0. The highest BCUT2D eigenvalue weighted by molar-refractivity contribution is 5.69. The number of rotatable bonds is 3. The molecule has 0 fully saturated rings. The number of H-pyrrole nitrogens is 1. The van der Waals surface area contributed by atoms with Crippen LogP contribution in [0.4, 0.5) is 5.82 Å². The number of aromatic nitrogens is 2. The lowest BCUT2D eigenvalue weighted by Crippen LogP contribution is -1.97. The van der Waals surface area contributed by atoms with E-state index in [0.717, 1.165) is 17.0 Å². The summed E-state index contributed by atoms with van der Waals surface area (Å²) in [5.41, 5.74) is 8.81. The molecule has 0 aliphatic carbocycles. The van der Waals surface area contributed by atoms with E-state index in [1.54, 1.807) is 7.11 Å². The van der Waals surface area contributed by atoms with Crippen molar-refractivity contribution in [1.29, 1.82) is 0 Å². The zero-order valence-electron chi connectivity index (χ0n) is 10.3. The van der Waals surface area contributed by atoms with Gasteiger partial charge in [-0.05, 0) is 12.0 Å². The van der Waals surface area contributed by atoms with Crippen LogP contribution in [0.15, 0.2) is 24.3 Å². The molecule has 0 atom stereocenters. The van der Waals surface area contributed by atoms with Crippen molar-refractivity contribution in [1.82, 2.24) is 10.2 Å². The van der Waals surface area contributed by atoms with Gasteiger partial charge in [0.05, 0.1) is 12.8 Å². The van der Waals surface area contributed by atoms with Gasteiger partial charge in [-0.25, -0.2) is 0 Å². The van der Waals surface area contributed by atoms with E-state index in [0.29, 0.717) is 11.7 Å². The summed E-state index contributed by atoms with van der Waals surface area (Å²) < 4.78 is 5.41. The maximum atomic E-state index is 5.64. The molecule has 1 heterocycles. The zero-order chi connectivity index (χ0) is 12.4. The summed E-state index contributed by atoms with van der Waals surface area (Å²) in [5, 5.41) is 6.90. The van der Waals surface area contributed by atoms with Crippen molar-refractivity contribution in [3.05, 3.63) is 29.8 Å².